The number of hydrogen-bond donors (Lipinski definition) is 2. The van der Waals surface area contributed by atoms with Gasteiger partial charge in [0.2, 0.25) is 5.91 Å². The van der Waals surface area contributed by atoms with Crippen molar-refractivity contribution in [1.82, 2.24) is 10.2 Å². The van der Waals surface area contributed by atoms with Crippen LogP contribution in [0, 0.1) is 12.8 Å². The number of nitrogens with zero attached hydrogens (tertiary/aromatic N) is 1. The smallest absolute Gasteiger partial charge is 0.307 e. The highest BCUT2D eigenvalue weighted by molar-refractivity contribution is 5.78. The summed E-state index contributed by atoms with van der Waals surface area (Å²) in [4.78, 5) is 24.9. The van der Waals surface area contributed by atoms with Crippen molar-refractivity contribution in [3.05, 3.63) is 35.4 Å². The van der Waals surface area contributed by atoms with E-state index in [1.54, 1.807) is 0 Å². The van der Waals surface area contributed by atoms with Crippen LogP contribution in [0.1, 0.15) is 24.0 Å². The summed E-state index contributed by atoms with van der Waals surface area (Å²) in [5.74, 6) is -1.16. The number of carbonyl (C=O) groups is 2. The van der Waals surface area contributed by atoms with Gasteiger partial charge in [0.15, 0.2) is 0 Å². The Bertz CT molecular complexity index is 516. The Hall–Kier alpha value is -1.88. The van der Waals surface area contributed by atoms with Crippen LogP contribution in [-0.4, -0.2) is 41.5 Å². The van der Waals surface area contributed by atoms with Crippen LogP contribution in [0.25, 0.3) is 0 Å². The van der Waals surface area contributed by atoms with E-state index in [2.05, 4.69) is 5.32 Å². The molecular weight excluding hydrogens is 268 g/mol. The fraction of sp³-hybridized carbons (Fsp3) is 0.500. The zero-order valence-corrected chi connectivity index (χ0v) is 12.3. The zero-order valence-electron chi connectivity index (χ0n) is 12.3. The largest absolute Gasteiger partial charge is 0.481 e. The van der Waals surface area contributed by atoms with E-state index in [-0.39, 0.29) is 18.4 Å². The first kappa shape index (κ1) is 15.5. The average molecular weight is 290 g/mol. The second-order valence-corrected chi connectivity index (χ2v) is 5.62. The first-order valence-corrected chi connectivity index (χ1v) is 7.32. The Morgan fingerprint density at radius 3 is 2.86 bits per heavy atom. The SMILES string of the molecule is Cc1ccccc1CNC(=O)CN1CCCC(C(=O)O)C1. The summed E-state index contributed by atoms with van der Waals surface area (Å²) in [5.41, 5.74) is 2.26. The fourth-order valence-corrected chi connectivity index (χ4v) is 2.66. The van der Waals surface area contributed by atoms with Gasteiger partial charge in [0.05, 0.1) is 12.5 Å². The monoisotopic (exact) mass is 290 g/mol. The molecule has 1 amide bonds. The molecule has 5 heteroatoms. The molecule has 114 valence electrons. The average Bonchev–Trinajstić information content (AvgIpc) is 2.46. The lowest BCUT2D eigenvalue weighted by molar-refractivity contribution is -0.144. The summed E-state index contributed by atoms with van der Waals surface area (Å²) in [6.45, 7) is 4.07. The van der Waals surface area contributed by atoms with Crippen molar-refractivity contribution in [2.75, 3.05) is 19.6 Å². The van der Waals surface area contributed by atoms with Crippen LogP contribution < -0.4 is 5.32 Å². The van der Waals surface area contributed by atoms with Crippen LogP contribution >= 0.6 is 0 Å². The van der Waals surface area contributed by atoms with Crippen LogP contribution in [0.2, 0.25) is 0 Å². The Labute approximate surface area is 125 Å². The number of piperidine rings is 1. The van der Waals surface area contributed by atoms with E-state index in [0.717, 1.165) is 24.1 Å². The number of carboxylic acid groups (broad SMARTS) is 1. The van der Waals surface area contributed by atoms with E-state index in [0.29, 0.717) is 19.5 Å². The molecule has 1 unspecified atom stereocenters. The third-order valence-corrected chi connectivity index (χ3v) is 3.96. The van der Waals surface area contributed by atoms with Crippen molar-refractivity contribution in [3.8, 4) is 0 Å². The Morgan fingerprint density at radius 1 is 1.38 bits per heavy atom. The molecular formula is C16H22N2O3. The van der Waals surface area contributed by atoms with Crippen LogP contribution in [0.4, 0.5) is 0 Å². The first-order valence-electron chi connectivity index (χ1n) is 7.32. The van der Waals surface area contributed by atoms with Gasteiger partial charge < -0.3 is 10.4 Å². The van der Waals surface area contributed by atoms with Crippen LogP contribution in [0.5, 0.6) is 0 Å². The number of rotatable bonds is 5. The van der Waals surface area contributed by atoms with Crippen molar-refractivity contribution < 1.29 is 14.7 Å². The lowest BCUT2D eigenvalue weighted by Gasteiger charge is -2.29. The van der Waals surface area contributed by atoms with E-state index < -0.39 is 5.97 Å². The number of nitrogens with one attached hydrogen (secondary N) is 1. The number of carbonyl (C=O) groups excluding carboxylic acids is 1. The quantitative estimate of drug-likeness (QED) is 0.860. The maximum atomic E-state index is 12.0. The van der Waals surface area contributed by atoms with Gasteiger partial charge in [0, 0.05) is 13.1 Å². The minimum Gasteiger partial charge on any atom is -0.481 e. The Kier molecular flexibility index (Phi) is 5.33. The van der Waals surface area contributed by atoms with Gasteiger partial charge >= 0.3 is 5.97 Å². The second kappa shape index (κ2) is 7.22. The predicted octanol–water partition coefficient (Wildman–Crippen LogP) is 1.41. The number of carboxylic acids is 1. The standard InChI is InChI=1S/C16H22N2O3/c1-12-5-2-3-6-13(12)9-17-15(19)11-18-8-4-7-14(10-18)16(20)21/h2-3,5-6,14H,4,7-11H2,1H3,(H,17,19)(H,20,21). The molecule has 0 spiro atoms. The van der Waals surface area contributed by atoms with Crippen molar-refractivity contribution in [2.45, 2.75) is 26.3 Å². The number of likely N-dealkylation sites (tertiary alicyclic amines) is 1. The normalized spacial score (nSPS) is 19.2. The molecule has 1 aliphatic heterocycles. The lowest BCUT2D eigenvalue weighted by Crippen LogP contribution is -2.44. The molecule has 0 aromatic heterocycles. The highest BCUT2D eigenvalue weighted by atomic mass is 16.4. The number of benzene rings is 1. The molecule has 0 saturated carbocycles. The second-order valence-electron chi connectivity index (χ2n) is 5.62. The molecule has 5 nitrogen and oxygen atoms in total. The molecule has 2 N–H and O–H groups in total. The third-order valence-electron chi connectivity index (χ3n) is 3.96. The molecule has 1 atom stereocenters. The van der Waals surface area contributed by atoms with Crippen molar-refractivity contribution in [3.63, 3.8) is 0 Å². The van der Waals surface area contributed by atoms with Crippen LogP contribution in [-0.2, 0) is 16.1 Å². The number of hydrogen-bond acceptors (Lipinski definition) is 3. The first-order chi connectivity index (χ1) is 10.1. The van der Waals surface area contributed by atoms with Gasteiger partial charge in [-0.15, -0.1) is 0 Å². The van der Waals surface area contributed by atoms with Gasteiger partial charge in [-0.1, -0.05) is 24.3 Å². The highest BCUT2D eigenvalue weighted by Gasteiger charge is 2.26. The molecule has 0 aliphatic carbocycles. The minimum absolute atomic E-state index is 0.0516. The lowest BCUT2D eigenvalue weighted by atomic mass is 9.98. The van der Waals surface area contributed by atoms with Gasteiger partial charge in [-0.2, -0.15) is 0 Å². The molecule has 1 aromatic rings. The van der Waals surface area contributed by atoms with Crippen LogP contribution in [0.3, 0.4) is 0 Å². The summed E-state index contributed by atoms with van der Waals surface area (Å²) in [5, 5.41) is 11.9. The fourth-order valence-electron chi connectivity index (χ4n) is 2.66. The summed E-state index contributed by atoms with van der Waals surface area (Å²) in [7, 11) is 0. The summed E-state index contributed by atoms with van der Waals surface area (Å²) in [6.07, 6.45) is 1.54. The van der Waals surface area contributed by atoms with Gasteiger partial charge in [-0.05, 0) is 37.4 Å². The number of amides is 1. The topological polar surface area (TPSA) is 69.6 Å². The molecule has 0 radical (unpaired) electrons. The van der Waals surface area contributed by atoms with E-state index in [9.17, 15) is 9.59 Å². The predicted molar refractivity (Wildman–Crippen MR) is 79.8 cm³/mol. The van der Waals surface area contributed by atoms with Gasteiger partial charge in [-0.25, -0.2) is 0 Å². The summed E-state index contributed by atoms with van der Waals surface area (Å²) < 4.78 is 0. The molecule has 1 saturated heterocycles. The van der Waals surface area contributed by atoms with Crippen molar-refractivity contribution in [2.24, 2.45) is 5.92 Å². The molecule has 1 heterocycles. The Balaban J connectivity index is 1.79. The van der Waals surface area contributed by atoms with E-state index in [1.807, 2.05) is 36.1 Å². The molecule has 0 bridgehead atoms. The highest BCUT2D eigenvalue weighted by Crippen LogP contribution is 2.16. The van der Waals surface area contributed by atoms with E-state index in [1.165, 1.54) is 0 Å². The summed E-state index contributed by atoms with van der Waals surface area (Å²) >= 11 is 0. The van der Waals surface area contributed by atoms with E-state index in [4.69, 9.17) is 5.11 Å². The van der Waals surface area contributed by atoms with E-state index >= 15 is 0 Å². The summed E-state index contributed by atoms with van der Waals surface area (Å²) in [6, 6.07) is 7.94. The van der Waals surface area contributed by atoms with Crippen LogP contribution in [0.15, 0.2) is 24.3 Å². The van der Waals surface area contributed by atoms with Crippen molar-refractivity contribution in [1.29, 1.82) is 0 Å². The molecule has 1 aliphatic rings. The molecule has 2 rings (SSSR count). The zero-order chi connectivity index (χ0) is 15.2. The number of aliphatic carboxylic acids is 1. The third kappa shape index (κ3) is 4.56. The van der Waals surface area contributed by atoms with Gasteiger partial charge in [-0.3, -0.25) is 14.5 Å². The molecule has 21 heavy (non-hydrogen) atoms. The molecule has 1 fully saturated rings. The van der Waals surface area contributed by atoms with Crippen molar-refractivity contribution >= 4 is 11.9 Å². The maximum Gasteiger partial charge on any atom is 0.307 e. The maximum absolute atomic E-state index is 12.0. The molecule has 1 aromatic carbocycles. The number of aryl methyl sites for hydroxylation is 1. The van der Waals surface area contributed by atoms with Gasteiger partial charge in [0.1, 0.15) is 0 Å². The van der Waals surface area contributed by atoms with Gasteiger partial charge in [0.25, 0.3) is 0 Å². The minimum atomic E-state index is -0.764. The Morgan fingerprint density at radius 2 is 2.14 bits per heavy atom.